The molecule has 0 aromatic carbocycles. The smallest absolute Gasteiger partial charge is 0.141 e. The fourth-order valence-electron chi connectivity index (χ4n) is 2.42. The predicted molar refractivity (Wildman–Crippen MR) is 64.8 cm³/mol. The van der Waals surface area contributed by atoms with Crippen LogP contribution in [0.1, 0.15) is 38.8 Å². The Kier molecular flexibility index (Phi) is 3.39. The Morgan fingerprint density at radius 2 is 1.94 bits per heavy atom. The van der Waals surface area contributed by atoms with Crippen LogP contribution in [0, 0.1) is 0 Å². The lowest BCUT2D eigenvalue weighted by atomic mass is 9.97. The van der Waals surface area contributed by atoms with Crippen molar-refractivity contribution in [1.29, 1.82) is 0 Å². The zero-order valence-electron chi connectivity index (χ0n) is 10.1. The van der Waals surface area contributed by atoms with Crippen molar-refractivity contribution in [2.75, 3.05) is 5.73 Å². The van der Waals surface area contributed by atoms with Gasteiger partial charge in [0.25, 0.3) is 0 Å². The second-order valence-electron chi connectivity index (χ2n) is 4.73. The molecular weight excluding hydrogens is 200 g/mol. The number of aromatic nitrogens is 2. The molecule has 2 unspecified atom stereocenters. The van der Waals surface area contributed by atoms with Crippen LogP contribution >= 0.6 is 0 Å². The van der Waals surface area contributed by atoms with E-state index in [2.05, 4.69) is 28.7 Å². The van der Waals surface area contributed by atoms with Crippen LogP contribution in [0.2, 0.25) is 0 Å². The SMILES string of the molecule is CC1CCCC(C)N1Cc1cnc(N)cn1. The van der Waals surface area contributed by atoms with Gasteiger partial charge >= 0.3 is 0 Å². The number of nitrogens with zero attached hydrogens (tertiary/aromatic N) is 3. The zero-order chi connectivity index (χ0) is 11.5. The fourth-order valence-corrected chi connectivity index (χ4v) is 2.42. The molecule has 4 nitrogen and oxygen atoms in total. The van der Waals surface area contributed by atoms with Gasteiger partial charge in [-0.15, -0.1) is 0 Å². The van der Waals surface area contributed by atoms with Gasteiger partial charge in [0.05, 0.1) is 18.1 Å². The highest BCUT2D eigenvalue weighted by Gasteiger charge is 2.24. The highest BCUT2D eigenvalue weighted by molar-refractivity contribution is 5.22. The molecule has 0 spiro atoms. The number of nitrogens with two attached hydrogens (primary N) is 1. The van der Waals surface area contributed by atoms with E-state index in [1.807, 2.05) is 0 Å². The average molecular weight is 220 g/mol. The summed E-state index contributed by atoms with van der Waals surface area (Å²) in [4.78, 5) is 10.9. The van der Waals surface area contributed by atoms with E-state index in [-0.39, 0.29) is 0 Å². The molecule has 1 aromatic heterocycles. The van der Waals surface area contributed by atoms with Crippen molar-refractivity contribution in [3.05, 3.63) is 18.1 Å². The topological polar surface area (TPSA) is 55.0 Å². The van der Waals surface area contributed by atoms with Crippen molar-refractivity contribution < 1.29 is 0 Å². The maximum atomic E-state index is 5.53. The third kappa shape index (κ3) is 2.50. The molecule has 88 valence electrons. The summed E-state index contributed by atoms with van der Waals surface area (Å²) in [5, 5.41) is 0. The molecule has 2 heterocycles. The van der Waals surface area contributed by atoms with Crippen LogP contribution in [0.25, 0.3) is 0 Å². The highest BCUT2D eigenvalue weighted by Crippen LogP contribution is 2.23. The van der Waals surface area contributed by atoms with E-state index < -0.39 is 0 Å². The Balaban J connectivity index is 2.04. The van der Waals surface area contributed by atoms with E-state index in [4.69, 9.17) is 5.73 Å². The lowest BCUT2D eigenvalue weighted by Gasteiger charge is -2.38. The fraction of sp³-hybridized carbons (Fsp3) is 0.667. The Bertz CT molecular complexity index is 325. The maximum Gasteiger partial charge on any atom is 0.141 e. The molecule has 0 saturated carbocycles. The molecule has 4 heteroatoms. The molecule has 2 N–H and O–H groups in total. The van der Waals surface area contributed by atoms with E-state index >= 15 is 0 Å². The van der Waals surface area contributed by atoms with Gasteiger partial charge in [-0.3, -0.25) is 9.88 Å². The van der Waals surface area contributed by atoms with Crippen molar-refractivity contribution >= 4 is 5.82 Å². The van der Waals surface area contributed by atoms with Gasteiger partial charge in [0.15, 0.2) is 0 Å². The number of hydrogen-bond acceptors (Lipinski definition) is 4. The van der Waals surface area contributed by atoms with Gasteiger partial charge in [-0.25, -0.2) is 4.98 Å². The van der Waals surface area contributed by atoms with Gasteiger partial charge in [0, 0.05) is 18.6 Å². The van der Waals surface area contributed by atoms with Crippen LogP contribution in [0.5, 0.6) is 0 Å². The molecule has 1 fully saturated rings. The van der Waals surface area contributed by atoms with Crippen molar-refractivity contribution in [3.63, 3.8) is 0 Å². The third-order valence-electron chi connectivity index (χ3n) is 3.45. The zero-order valence-corrected chi connectivity index (χ0v) is 10.1. The summed E-state index contributed by atoms with van der Waals surface area (Å²) in [6, 6.07) is 1.28. The number of likely N-dealkylation sites (tertiary alicyclic amines) is 1. The van der Waals surface area contributed by atoms with Gasteiger partial charge in [-0.05, 0) is 26.7 Å². The first-order valence-electron chi connectivity index (χ1n) is 5.99. The summed E-state index contributed by atoms with van der Waals surface area (Å²) in [5.74, 6) is 0.489. The molecule has 1 aliphatic heterocycles. The number of hydrogen-bond donors (Lipinski definition) is 1. The Hall–Kier alpha value is -1.16. The second-order valence-corrected chi connectivity index (χ2v) is 4.73. The largest absolute Gasteiger partial charge is 0.382 e. The molecule has 2 rings (SSSR count). The van der Waals surface area contributed by atoms with Gasteiger partial charge in [0.1, 0.15) is 5.82 Å². The Morgan fingerprint density at radius 3 is 2.50 bits per heavy atom. The number of anilines is 1. The third-order valence-corrected chi connectivity index (χ3v) is 3.45. The number of rotatable bonds is 2. The quantitative estimate of drug-likeness (QED) is 0.826. The average Bonchev–Trinajstić information content (AvgIpc) is 2.26. The summed E-state index contributed by atoms with van der Waals surface area (Å²) in [6.07, 6.45) is 7.32. The van der Waals surface area contributed by atoms with Crippen molar-refractivity contribution in [3.8, 4) is 0 Å². The molecule has 0 amide bonds. The molecule has 16 heavy (non-hydrogen) atoms. The van der Waals surface area contributed by atoms with Crippen LogP contribution in [0.4, 0.5) is 5.82 Å². The van der Waals surface area contributed by atoms with E-state index in [0.29, 0.717) is 17.9 Å². The van der Waals surface area contributed by atoms with Crippen LogP contribution in [-0.4, -0.2) is 27.0 Å². The summed E-state index contributed by atoms with van der Waals surface area (Å²) in [6.45, 7) is 5.47. The van der Waals surface area contributed by atoms with Crippen molar-refractivity contribution in [2.45, 2.75) is 51.7 Å². The van der Waals surface area contributed by atoms with E-state index in [1.165, 1.54) is 19.3 Å². The Morgan fingerprint density at radius 1 is 1.25 bits per heavy atom. The summed E-state index contributed by atoms with van der Waals surface area (Å²) in [5.41, 5.74) is 6.54. The normalized spacial score (nSPS) is 26.9. The van der Waals surface area contributed by atoms with E-state index in [1.54, 1.807) is 12.4 Å². The molecular formula is C12H20N4. The Labute approximate surface area is 96.9 Å². The van der Waals surface area contributed by atoms with Gasteiger partial charge in [0.2, 0.25) is 0 Å². The minimum atomic E-state index is 0.489. The molecule has 0 radical (unpaired) electrons. The summed E-state index contributed by atoms with van der Waals surface area (Å²) >= 11 is 0. The van der Waals surface area contributed by atoms with Crippen molar-refractivity contribution in [2.24, 2.45) is 0 Å². The van der Waals surface area contributed by atoms with Crippen molar-refractivity contribution in [1.82, 2.24) is 14.9 Å². The molecule has 1 aliphatic rings. The highest BCUT2D eigenvalue weighted by atomic mass is 15.2. The van der Waals surface area contributed by atoms with Gasteiger partial charge in [-0.2, -0.15) is 0 Å². The summed E-state index contributed by atoms with van der Waals surface area (Å²) in [7, 11) is 0. The number of nitrogen functional groups attached to an aromatic ring is 1. The number of piperidine rings is 1. The molecule has 0 bridgehead atoms. The molecule has 0 aliphatic carbocycles. The van der Waals surface area contributed by atoms with Crippen LogP contribution in [0.3, 0.4) is 0 Å². The van der Waals surface area contributed by atoms with Crippen LogP contribution < -0.4 is 5.73 Å². The minimum Gasteiger partial charge on any atom is -0.382 e. The minimum absolute atomic E-state index is 0.489. The van der Waals surface area contributed by atoms with E-state index in [0.717, 1.165) is 12.2 Å². The molecule has 2 atom stereocenters. The second kappa shape index (κ2) is 4.78. The first-order chi connectivity index (χ1) is 7.66. The molecule has 1 saturated heterocycles. The van der Waals surface area contributed by atoms with Crippen LogP contribution in [0.15, 0.2) is 12.4 Å². The first-order valence-corrected chi connectivity index (χ1v) is 5.99. The lowest BCUT2D eigenvalue weighted by Crippen LogP contribution is -2.43. The lowest BCUT2D eigenvalue weighted by molar-refractivity contribution is 0.0937. The van der Waals surface area contributed by atoms with Gasteiger partial charge < -0.3 is 5.73 Å². The standard InChI is InChI=1S/C12H20N4/c1-9-4-3-5-10(2)16(9)8-11-6-15-12(13)7-14-11/h6-7,9-10H,3-5,8H2,1-2H3,(H2,13,15). The monoisotopic (exact) mass is 220 g/mol. The van der Waals surface area contributed by atoms with E-state index in [9.17, 15) is 0 Å². The van der Waals surface area contributed by atoms with Crippen LogP contribution in [-0.2, 0) is 6.54 Å². The molecule has 1 aromatic rings. The predicted octanol–water partition coefficient (Wildman–Crippen LogP) is 1.82. The van der Waals surface area contributed by atoms with Gasteiger partial charge in [-0.1, -0.05) is 6.42 Å². The summed E-state index contributed by atoms with van der Waals surface area (Å²) < 4.78 is 0. The first kappa shape index (κ1) is 11.3. The maximum absolute atomic E-state index is 5.53.